The van der Waals surface area contributed by atoms with Gasteiger partial charge in [-0.3, -0.25) is 9.78 Å². The fourth-order valence-electron chi connectivity index (χ4n) is 2.37. The molecule has 2 N–H and O–H groups in total. The third kappa shape index (κ3) is 4.20. The Bertz CT molecular complexity index is 878. The highest BCUT2D eigenvalue weighted by Gasteiger charge is 2.11. The predicted octanol–water partition coefficient (Wildman–Crippen LogP) is 4.78. The first-order valence-corrected chi connectivity index (χ1v) is 8.03. The van der Waals surface area contributed by atoms with Crippen molar-refractivity contribution in [3.63, 3.8) is 0 Å². The molecular weight excluding hydrogens is 317 g/mol. The Balaban J connectivity index is 1.74. The number of para-hydroxylation sites is 1. The van der Waals surface area contributed by atoms with E-state index in [1.54, 1.807) is 30.5 Å². The quantitative estimate of drug-likeness (QED) is 0.705. The van der Waals surface area contributed by atoms with Crippen molar-refractivity contribution in [1.82, 2.24) is 4.98 Å². The summed E-state index contributed by atoms with van der Waals surface area (Å²) < 4.78 is 13.6. The fourth-order valence-corrected chi connectivity index (χ4v) is 2.37. The molecule has 0 unspecified atom stereocenters. The molecule has 3 aromatic rings. The van der Waals surface area contributed by atoms with E-state index in [1.807, 2.05) is 12.1 Å². The molecule has 1 amide bonds. The summed E-state index contributed by atoms with van der Waals surface area (Å²) in [5.41, 5.74) is 3.24. The summed E-state index contributed by atoms with van der Waals surface area (Å²) in [6.07, 6.45) is 2.52. The summed E-state index contributed by atoms with van der Waals surface area (Å²) >= 11 is 0. The van der Waals surface area contributed by atoms with Crippen LogP contribution in [0.25, 0.3) is 0 Å². The van der Waals surface area contributed by atoms with E-state index < -0.39 is 11.7 Å². The molecule has 0 aliphatic rings. The number of anilines is 3. The number of carbonyl (C=O) groups excluding carboxylic acids is 1. The molecule has 0 atom stereocenters. The van der Waals surface area contributed by atoms with Gasteiger partial charge in [0.05, 0.1) is 5.69 Å². The standard InChI is InChI=1S/C20H18FN3O/c1-2-14-7-9-15(10-8-14)23-16-11-12-22-19(13-16)20(25)24-18-6-4-3-5-17(18)21/h3-13H,2H2,1H3,(H,22,23)(H,24,25). The molecule has 0 fully saturated rings. The maximum Gasteiger partial charge on any atom is 0.274 e. The van der Waals surface area contributed by atoms with E-state index in [2.05, 4.69) is 34.7 Å². The van der Waals surface area contributed by atoms with E-state index in [9.17, 15) is 9.18 Å². The lowest BCUT2D eigenvalue weighted by Gasteiger charge is -2.09. The van der Waals surface area contributed by atoms with Gasteiger partial charge in [0, 0.05) is 17.6 Å². The summed E-state index contributed by atoms with van der Waals surface area (Å²) in [6, 6.07) is 17.5. The van der Waals surface area contributed by atoms with Crippen LogP contribution in [-0.4, -0.2) is 10.9 Å². The number of amides is 1. The van der Waals surface area contributed by atoms with E-state index in [0.29, 0.717) is 0 Å². The number of aromatic nitrogens is 1. The molecule has 3 rings (SSSR count). The Morgan fingerprint density at radius 3 is 2.52 bits per heavy atom. The number of nitrogens with zero attached hydrogens (tertiary/aromatic N) is 1. The molecule has 0 bridgehead atoms. The van der Waals surface area contributed by atoms with Gasteiger partial charge in [-0.25, -0.2) is 4.39 Å². The van der Waals surface area contributed by atoms with Crippen molar-refractivity contribution in [3.8, 4) is 0 Å². The third-order valence-electron chi connectivity index (χ3n) is 3.77. The van der Waals surface area contributed by atoms with Gasteiger partial charge in [-0.05, 0) is 48.4 Å². The molecule has 0 spiro atoms. The average molecular weight is 335 g/mol. The lowest BCUT2D eigenvalue weighted by molar-refractivity contribution is 0.102. The highest BCUT2D eigenvalue weighted by molar-refractivity contribution is 6.03. The van der Waals surface area contributed by atoms with Gasteiger partial charge in [-0.1, -0.05) is 31.2 Å². The second kappa shape index (κ2) is 7.57. The highest BCUT2D eigenvalue weighted by Crippen LogP contribution is 2.19. The highest BCUT2D eigenvalue weighted by atomic mass is 19.1. The van der Waals surface area contributed by atoms with Crippen molar-refractivity contribution in [2.75, 3.05) is 10.6 Å². The van der Waals surface area contributed by atoms with Crippen molar-refractivity contribution in [1.29, 1.82) is 0 Å². The van der Waals surface area contributed by atoms with E-state index in [0.717, 1.165) is 17.8 Å². The zero-order valence-corrected chi connectivity index (χ0v) is 13.8. The summed E-state index contributed by atoms with van der Waals surface area (Å²) in [5.74, 6) is -0.948. The van der Waals surface area contributed by atoms with E-state index in [1.165, 1.54) is 17.7 Å². The van der Waals surface area contributed by atoms with Crippen LogP contribution in [0.15, 0.2) is 66.9 Å². The minimum Gasteiger partial charge on any atom is -0.355 e. The van der Waals surface area contributed by atoms with E-state index in [4.69, 9.17) is 0 Å². The van der Waals surface area contributed by atoms with Gasteiger partial charge in [0.2, 0.25) is 0 Å². The van der Waals surface area contributed by atoms with Crippen LogP contribution in [0.5, 0.6) is 0 Å². The van der Waals surface area contributed by atoms with Gasteiger partial charge in [0.1, 0.15) is 11.5 Å². The van der Waals surface area contributed by atoms with Crippen LogP contribution in [0.3, 0.4) is 0 Å². The monoisotopic (exact) mass is 335 g/mol. The Kier molecular flexibility index (Phi) is 5.04. The van der Waals surface area contributed by atoms with Crippen molar-refractivity contribution in [2.45, 2.75) is 13.3 Å². The van der Waals surface area contributed by atoms with Gasteiger partial charge >= 0.3 is 0 Å². The number of rotatable bonds is 5. The maximum atomic E-state index is 13.6. The molecule has 1 heterocycles. The van der Waals surface area contributed by atoms with Gasteiger partial charge in [-0.2, -0.15) is 0 Å². The largest absolute Gasteiger partial charge is 0.355 e. The number of nitrogens with one attached hydrogen (secondary N) is 2. The molecule has 1 aromatic heterocycles. The molecule has 0 aliphatic carbocycles. The molecule has 25 heavy (non-hydrogen) atoms. The fraction of sp³-hybridized carbons (Fsp3) is 0.100. The predicted molar refractivity (Wildman–Crippen MR) is 97.7 cm³/mol. The number of aryl methyl sites for hydroxylation is 1. The molecule has 2 aromatic carbocycles. The molecular formula is C20H18FN3O. The lowest BCUT2D eigenvalue weighted by Crippen LogP contribution is -2.14. The number of hydrogen-bond donors (Lipinski definition) is 2. The number of benzene rings is 2. The van der Waals surface area contributed by atoms with Crippen LogP contribution in [0.1, 0.15) is 23.0 Å². The van der Waals surface area contributed by atoms with Gasteiger partial charge in [0.15, 0.2) is 0 Å². The molecule has 0 aliphatic heterocycles. The van der Waals surface area contributed by atoms with Crippen LogP contribution in [0, 0.1) is 5.82 Å². The normalized spacial score (nSPS) is 10.3. The number of carbonyl (C=O) groups is 1. The first-order valence-electron chi connectivity index (χ1n) is 8.03. The summed E-state index contributed by atoms with van der Waals surface area (Å²) in [7, 11) is 0. The topological polar surface area (TPSA) is 54.0 Å². The number of halogens is 1. The zero-order chi connectivity index (χ0) is 17.6. The minimum atomic E-state index is -0.485. The van der Waals surface area contributed by atoms with Crippen molar-refractivity contribution in [3.05, 3.63) is 83.9 Å². The van der Waals surface area contributed by atoms with Crippen molar-refractivity contribution >= 4 is 23.0 Å². The molecule has 4 nitrogen and oxygen atoms in total. The lowest BCUT2D eigenvalue weighted by atomic mass is 10.1. The molecule has 0 saturated carbocycles. The first kappa shape index (κ1) is 16.6. The van der Waals surface area contributed by atoms with Crippen LogP contribution >= 0.6 is 0 Å². The first-order chi connectivity index (χ1) is 12.2. The number of hydrogen-bond acceptors (Lipinski definition) is 3. The second-order valence-corrected chi connectivity index (χ2v) is 5.54. The average Bonchev–Trinajstić information content (AvgIpc) is 2.64. The van der Waals surface area contributed by atoms with Crippen molar-refractivity contribution in [2.24, 2.45) is 0 Å². The van der Waals surface area contributed by atoms with E-state index >= 15 is 0 Å². The number of pyridine rings is 1. The van der Waals surface area contributed by atoms with Gasteiger partial charge in [-0.15, -0.1) is 0 Å². The SMILES string of the molecule is CCc1ccc(Nc2ccnc(C(=O)Nc3ccccc3F)c2)cc1. The van der Waals surface area contributed by atoms with Crippen LogP contribution in [-0.2, 0) is 6.42 Å². The second-order valence-electron chi connectivity index (χ2n) is 5.54. The Morgan fingerprint density at radius 2 is 1.80 bits per heavy atom. The Labute approximate surface area is 145 Å². The Morgan fingerprint density at radius 1 is 1.04 bits per heavy atom. The van der Waals surface area contributed by atoms with Gasteiger partial charge < -0.3 is 10.6 Å². The van der Waals surface area contributed by atoms with E-state index in [-0.39, 0.29) is 11.4 Å². The summed E-state index contributed by atoms with van der Waals surface area (Å²) in [6.45, 7) is 2.10. The van der Waals surface area contributed by atoms with Gasteiger partial charge in [0.25, 0.3) is 5.91 Å². The van der Waals surface area contributed by atoms with Crippen LogP contribution in [0.4, 0.5) is 21.5 Å². The molecule has 5 heteroatoms. The maximum absolute atomic E-state index is 13.6. The minimum absolute atomic E-state index is 0.128. The smallest absolute Gasteiger partial charge is 0.274 e. The summed E-state index contributed by atoms with van der Waals surface area (Å²) in [5, 5.41) is 5.76. The molecule has 0 saturated heterocycles. The molecule has 0 radical (unpaired) electrons. The third-order valence-corrected chi connectivity index (χ3v) is 3.77. The molecule has 126 valence electrons. The Hall–Kier alpha value is -3.21. The van der Waals surface area contributed by atoms with Crippen LogP contribution < -0.4 is 10.6 Å². The van der Waals surface area contributed by atoms with Crippen molar-refractivity contribution < 1.29 is 9.18 Å². The van der Waals surface area contributed by atoms with Crippen LogP contribution in [0.2, 0.25) is 0 Å². The zero-order valence-electron chi connectivity index (χ0n) is 13.8. The summed E-state index contributed by atoms with van der Waals surface area (Å²) in [4.78, 5) is 16.3.